The maximum absolute atomic E-state index is 12.3. The van der Waals surface area contributed by atoms with Crippen molar-refractivity contribution >= 4 is 27.0 Å². The lowest BCUT2D eigenvalue weighted by molar-refractivity contribution is -0.139. The summed E-state index contributed by atoms with van der Waals surface area (Å²) < 4.78 is 34.9. The van der Waals surface area contributed by atoms with Crippen molar-refractivity contribution in [1.29, 1.82) is 0 Å². The van der Waals surface area contributed by atoms with Gasteiger partial charge in [-0.25, -0.2) is 4.79 Å². The largest absolute Gasteiger partial charge is 0.462 e. The SMILES string of the molecule is C=C(C)C(=O)OCCCCS(=O)(=O)Oc1ccc([S+](c2ccccc2)c2ccccc2)cc1. The molecule has 0 spiro atoms. The van der Waals surface area contributed by atoms with Gasteiger partial charge < -0.3 is 8.92 Å². The number of carbonyl (C=O) groups is 1. The van der Waals surface area contributed by atoms with Crippen molar-refractivity contribution < 1.29 is 22.1 Å². The predicted molar refractivity (Wildman–Crippen MR) is 131 cm³/mol. The highest BCUT2D eigenvalue weighted by Gasteiger charge is 2.28. The number of unbranched alkanes of at least 4 members (excludes halogenated alkanes) is 1. The molecule has 0 radical (unpaired) electrons. The molecule has 0 unspecified atom stereocenters. The first-order valence-electron chi connectivity index (χ1n) is 10.5. The van der Waals surface area contributed by atoms with Crippen LogP contribution in [0.25, 0.3) is 0 Å². The number of hydrogen-bond acceptors (Lipinski definition) is 5. The van der Waals surface area contributed by atoms with Gasteiger partial charge in [-0.05, 0) is 68.3 Å². The van der Waals surface area contributed by atoms with E-state index in [0.717, 1.165) is 4.90 Å². The third kappa shape index (κ3) is 7.51. The Kier molecular flexibility index (Phi) is 8.74. The first-order chi connectivity index (χ1) is 15.9. The van der Waals surface area contributed by atoms with Crippen LogP contribution in [0.2, 0.25) is 0 Å². The minimum absolute atomic E-state index is 0.150. The molecule has 3 rings (SSSR count). The summed E-state index contributed by atoms with van der Waals surface area (Å²) in [4.78, 5) is 14.8. The Hall–Kier alpha value is -3.03. The molecular formula is C26H27O5S2+. The fraction of sp³-hybridized carbons (Fsp3) is 0.192. The topological polar surface area (TPSA) is 69.7 Å². The molecule has 0 bridgehead atoms. The highest BCUT2D eigenvalue weighted by atomic mass is 32.2. The minimum atomic E-state index is -3.74. The third-order valence-electron chi connectivity index (χ3n) is 4.61. The van der Waals surface area contributed by atoms with Crippen LogP contribution in [0, 0.1) is 0 Å². The van der Waals surface area contributed by atoms with Gasteiger partial charge in [-0.15, -0.1) is 0 Å². The van der Waals surface area contributed by atoms with E-state index < -0.39 is 16.1 Å². The zero-order chi connectivity index (χ0) is 23.7. The monoisotopic (exact) mass is 483 g/mol. The molecule has 3 aromatic carbocycles. The van der Waals surface area contributed by atoms with Gasteiger partial charge in [-0.1, -0.05) is 43.0 Å². The second-order valence-electron chi connectivity index (χ2n) is 7.37. The predicted octanol–water partition coefficient (Wildman–Crippen LogP) is 5.39. The molecule has 0 saturated carbocycles. The van der Waals surface area contributed by atoms with Crippen molar-refractivity contribution in [3.8, 4) is 5.75 Å². The Morgan fingerprint density at radius 2 is 1.33 bits per heavy atom. The van der Waals surface area contributed by atoms with Crippen LogP contribution in [-0.4, -0.2) is 26.7 Å². The number of carbonyl (C=O) groups excluding carboxylic acids is 1. The summed E-state index contributed by atoms with van der Waals surface area (Å²) in [5, 5.41) is 0. The van der Waals surface area contributed by atoms with Crippen molar-refractivity contribution in [2.24, 2.45) is 0 Å². The van der Waals surface area contributed by atoms with Crippen LogP contribution in [-0.2, 0) is 30.5 Å². The van der Waals surface area contributed by atoms with E-state index in [1.54, 1.807) is 19.1 Å². The van der Waals surface area contributed by atoms with Gasteiger partial charge in [0.05, 0.1) is 23.3 Å². The smallest absolute Gasteiger partial charge is 0.333 e. The van der Waals surface area contributed by atoms with E-state index in [9.17, 15) is 13.2 Å². The molecule has 0 heterocycles. The van der Waals surface area contributed by atoms with E-state index in [2.05, 4.69) is 30.8 Å². The highest BCUT2D eigenvalue weighted by molar-refractivity contribution is 7.97. The molecule has 0 fully saturated rings. The van der Waals surface area contributed by atoms with Crippen LogP contribution in [0.5, 0.6) is 5.75 Å². The van der Waals surface area contributed by atoms with Crippen molar-refractivity contribution in [2.75, 3.05) is 12.4 Å². The van der Waals surface area contributed by atoms with E-state index in [4.69, 9.17) is 8.92 Å². The minimum Gasteiger partial charge on any atom is -0.462 e. The highest BCUT2D eigenvalue weighted by Crippen LogP contribution is 2.32. The molecule has 3 aromatic rings. The zero-order valence-electron chi connectivity index (χ0n) is 18.5. The molecule has 0 aliphatic heterocycles. The van der Waals surface area contributed by atoms with Gasteiger partial charge in [-0.2, -0.15) is 8.42 Å². The molecule has 0 atom stereocenters. The summed E-state index contributed by atoms with van der Waals surface area (Å²) in [7, 11) is -4.06. The molecule has 0 amide bonds. The first-order valence-corrected chi connectivity index (χ1v) is 13.4. The van der Waals surface area contributed by atoms with Gasteiger partial charge in [-0.3, -0.25) is 0 Å². The van der Waals surface area contributed by atoms with Crippen molar-refractivity contribution in [3.63, 3.8) is 0 Å². The van der Waals surface area contributed by atoms with E-state index in [0.29, 0.717) is 18.4 Å². The molecule has 172 valence electrons. The summed E-state index contributed by atoms with van der Waals surface area (Å²) in [5.74, 6) is -0.353. The lowest BCUT2D eigenvalue weighted by atomic mass is 10.3. The fourth-order valence-corrected chi connectivity index (χ4v) is 6.14. The second kappa shape index (κ2) is 11.7. The van der Waals surface area contributed by atoms with Crippen LogP contribution >= 0.6 is 0 Å². The number of esters is 1. The normalized spacial score (nSPS) is 11.2. The van der Waals surface area contributed by atoms with Crippen LogP contribution in [0.1, 0.15) is 19.8 Å². The standard InChI is InChI=1S/C26H27O5S2/c1-21(2)26(27)30-19-9-10-20-33(28,29)31-22-15-17-25(18-16-22)32(23-11-5-3-6-12-23)24-13-7-4-8-14-24/h3-8,11-18H,1,9-10,19-20H2,2H3/q+1. The molecule has 0 N–H and O–H groups in total. The molecular weight excluding hydrogens is 456 g/mol. The summed E-state index contributed by atoms with van der Waals surface area (Å²) in [6.45, 7) is 5.22. The average molecular weight is 484 g/mol. The quantitative estimate of drug-likeness (QED) is 0.120. The Bertz CT molecular complexity index is 1120. The first kappa shape index (κ1) is 24.6. The molecule has 0 aliphatic rings. The van der Waals surface area contributed by atoms with Crippen molar-refractivity contribution in [1.82, 2.24) is 0 Å². The second-order valence-corrected chi connectivity index (χ2v) is 11.1. The third-order valence-corrected chi connectivity index (χ3v) is 8.08. The molecule has 0 saturated heterocycles. The summed E-state index contributed by atoms with van der Waals surface area (Å²) in [6.07, 6.45) is 0.757. The average Bonchev–Trinajstić information content (AvgIpc) is 2.81. The molecule has 33 heavy (non-hydrogen) atoms. The van der Waals surface area contributed by atoms with Gasteiger partial charge in [0.2, 0.25) is 0 Å². The number of ether oxygens (including phenoxy) is 1. The maximum Gasteiger partial charge on any atom is 0.333 e. The number of hydrogen-bond donors (Lipinski definition) is 0. The summed E-state index contributed by atoms with van der Waals surface area (Å²) in [6, 6.07) is 27.6. The fourth-order valence-electron chi connectivity index (χ4n) is 3.01. The van der Waals surface area contributed by atoms with E-state index in [-0.39, 0.29) is 29.0 Å². The lowest BCUT2D eigenvalue weighted by Crippen LogP contribution is -2.15. The number of rotatable bonds is 11. The van der Waals surface area contributed by atoms with Gasteiger partial charge in [0.1, 0.15) is 5.75 Å². The van der Waals surface area contributed by atoms with Crippen LogP contribution in [0.4, 0.5) is 0 Å². The van der Waals surface area contributed by atoms with Crippen LogP contribution in [0.15, 0.2) is 112 Å². The Morgan fingerprint density at radius 3 is 1.85 bits per heavy atom. The number of benzene rings is 3. The Morgan fingerprint density at radius 1 is 0.818 bits per heavy atom. The molecule has 0 aromatic heterocycles. The molecule has 5 nitrogen and oxygen atoms in total. The van der Waals surface area contributed by atoms with E-state index in [1.807, 2.05) is 48.5 Å². The van der Waals surface area contributed by atoms with Gasteiger partial charge in [0, 0.05) is 5.57 Å². The Labute approximate surface area is 198 Å². The summed E-state index contributed by atoms with van der Waals surface area (Å²) in [5.41, 5.74) is 0.316. The lowest BCUT2D eigenvalue weighted by Gasteiger charge is -2.10. The zero-order valence-corrected chi connectivity index (χ0v) is 20.1. The Balaban J connectivity index is 1.63. The van der Waals surface area contributed by atoms with Gasteiger partial charge >= 0.3 is 16.1 Å². The van der Waals surface area contributed by atoms with E-state index in [1.165, 1.54) is 9.79 Å². The maximum atomic E-state index is 12.3. The van der Waals surface area contributed by atoms with E-state index >= 15 is 0 Å². The molecule has 7 heteroatoms. The van der Waals surface area contributed by atoms with Crippen molar-refractivity contribution in [2.45, 2.75) is 34.5 Å². The van der Waals surface area contributed by atoms with Crippen LogP contribution in [0.3, 0.4) is 0 Å². The van der Waals surface area contributed by atoms with Gasteiger partial charge in [0.15, 0.2) is 14.7 Å². The van der Waals surface area contributed by atoms with Crippen molar-refractivity contribution in [3.05, 3.63) is 97.1 Å². The van der Waals surface area contributed by atoms with Gasteiger partial charge in [0.25, 0.3) is 0 Å². The van der Waals surface area contributed by atoms with Crippen LogP contribution < -0.4 is 4.18 Å². The summed E-state index contributed by atoms with van der Waals surface area (Å²) >= 11 is 0. The molecule has 0 aliphatic carbocycles.